The van der Waals surface area contributed by atoms with Gasteiger partial charge in [-0.2, -0.15) is 5.10 Å². The molecule has 148 valence electrons. The highest BCUT2D eigenvalue weighted by Crippen LogP contribution is 2.37. The molecule has 0 radical (unpaired) electrons. The van der Waals surface area contributed by atoms with Crippen molar-refractivity contribution in [2.45, 2.75) is 26.3 Å². The minimum atomic E-state index is -0.382. The molecule has 0 aliphatic carbocycles. The van der Waals surface area contributed by atoms with Crippen molar-refractivity contribution in [2.24, 2.45) is 5.10 Å². The normalized spacial score (nSPS) is 16.2. The minimum Gasteiger partial charge on any atom is -0.494 e. The number of carbonyl (C=O) groups excluding carboxylic acids is 1. The van der Waals surface area contributed by atoms with Crippen molar-refractivity contribution in [2.75, 3.05) is 6.61 Å². The molecule has 7 heteroatoms. The van der Waals surface area contributed by atoms with Crippen LogP contribution >= 0.6 is 11.6 Å². The van der Waals surface area contributed by atoms with E-state index in [4.69, 9.17) is 16.3 Å². The molecule has 4 rings (SSSR count). The van der Waals surface area contributed by atoms with E-state index in [1.165, 1.54) is 24.1 Å². The highest BCUT2D eigenvalue weighted by Gasteiger charge is 2.33. The van der Waals surface area contributed by atoms with Crippen molar-refractivity contribution in [3.63, 3.8) is 0 Å². The molecule has 0 saturated carbocycles. The smallest absolute Gasteiger partial charge is 0.240 e. The molecule has 1 amide bonds. The van der Waals surface area contributed by atoms with E-state index in [-0.39, 0.29) is 17.8 Å². The summed E-state index contributed by atoms with van der Waals surface area (Å²) in [6, 6.07) is 13.2. The summed E-state index contributed by atoms with van der Waals surface area (Å²) in [5.74, 6) is 0.221. The average Bonchev–Trinajstić information content (AvgIpc) is 3.14. The molecule has 1 aliphatic heterocycles. The van der Waals surface area contributed by atoms with Crippen LogP contribution in [0.4, 0.5) is 4.39 Å². The molecule has 1 aliphatic rings. The number of ether oxygens (including phenoxy) is 1. The van der Waals surface area contributed by atoms with E-state index in [9.17, 15) is 9.18 Å². The molecule has 0 saturated heterocycles. The van der Waals surface area contributed by atoms with Crippen molar-refractivity contribution in [3.8, 4) is 5.75 Å². The lowest BCUT2D eigenvalue weighted by atomic mass is 9.98. The summed E-state index contributed by atoms with van der Waals surface area (Å²) < 4.78 is 18.8. The van der Waals surface area contributed by atoms with Gasteiger partial charge in [-0.05, 0) is 48.9 Å². The average molecular weight is 412 g/mol. The zero-order chi connectivity index (χ0) is 20.5. The number of benzene rings is 2. The first-order chi connectivity index (χ1) is 14.0. The first-order valence-corrected chi connectivity index (χ1v) is 9.70. The maximum absolute atomic E-state index is 13.3. The van der Waals surface area contributed by atoms with Gasteiger partial charge in [0.05, 0.1) is 23.9 Å². The number of nitrogens with zero attached hydrogens (tertiary/aromatic N) is 3. The number of rotatable bonds is 4. The van der Waals surface area contributed by atoms with Crippen LogP contribution in [0.1, 0.15) is 37.4 Å². The molecule has 1 atom stereocenters. The summed E-state index contributed by atoms with van der Waals surface area (Å²) in [4.78, 5) is 16.7. The van der Waals surface area contributed by atoms with Gasteiger partial charge in [-0.1, -0.05) is 23.7 Å². The number of pyridine rings is 1. The number of halogens is 2. The van der Waals surface area contributed by atoms with E-state index in [1.807, 2.05) is 31.2 Å². The van der Waals surface area contributed by atoms with Crippen LogP contribution in [-0.2, 0) is 4.79 Å². The van der Waals surface area contributed by atoms with Crippen molar-refractivity contribution in [1.29, 1.82) is 0 Å². The summed E-state index contributed by atoms with van der Waals surface area (Å²) >= 11 is 6.49. The van der Waals surface area contributed by atoms with Gasteiger partial charge in [-0.15, -0.1) is 0 Å². The van der Waals surface area contributed by atoms with E-state index >= 15 is 0 Å². The molecular weight excluding hydrogens is 393 g/mol. The predicted molar refractivity (Wildman–Crippen MR) is 111 cm³/mol. The second kappa shape index (κ2) is 7.79. The highest BCUT2D eigenvalue weighted by atomic mass is 35.5. The molecule has 2 aromatic carbocycles. The Hall–Kier alpha value is -2.99. The molecule has 29 heavy (non-hydrogen) atoms. The summed E-state index contributed by atoms with van der Waals surface area (Å²) in [5, 5.41) is 7.09. The van der Waals surface area contributed by atoms with Gasteiger partial charge in [0.25, 0.3) is 0 Å². The zero-order valence-corrected chi connectivity index (χ0v) is 16.8. The summed E-state index contributed by atoms with van der Waals surface area (Å²) in [6.45, 7) is 3.95. The second-order valence-electron chi connectivity index (χ2n) is 6.79. The Bertz CT molecular complexity index is 1110. The first-order valence-electron chi connectivity index (χ1n) is 9.32. The van der Waals surface area contributed by atoms with Gasteiger partial charge in [0.2, 0.25) is 5.91 Å². The van der Waals surface area contributed by atoms with Crippen LogP contribution in [0, 0.1) is 5.82 Å². The Labute approximate surface area is 172 Å². The summed E-state index contributed by atoms with van der Waals surface area (Å²) in [5.41, 5.74) is 2.92. The van der Waals surface area contributed by atoms with Gasteiger partial charge >= 0.3 is 0 Å². The predicted octanol–water partition coefficient (Wildman–Crippen LogP) is 5.12. The maximum atomic E-state index is 13.3. The van der Waals surface area contributed by atoms with Crippen LogP contribution in [-0.4, -0.2) is 28.2 Å². The van der Waals surface area contributed by atoms with Gasteiger partial charge in [0.15, 0.2) is 0 Å². The molecule has 2 heterocycles. The first kappa shape index (κ1) is 19.3. The second-order valence-corrected chi connectivity index (χ2v) is 7.15. The SMILES string of the molecule is CCOc1ccc2nc(Cl)c([C@H]3CC(c4ccc(F)cc4)=NN3C(C)=O)cc2c1. The maximum Gasteiger partial charge on any atom is 0.240 e. The number of hydrogen-bond donors (Lipinski definition) is 0. The van der Waals surface area contributed by atoms with Crippen molar-refractivity contribution < 1.29 is 13.9 Å². The monoisotopic (exact) mass is 411 g/mol. The van der Waals surface area contributed by atoms with E-state index in [1.54, 1.807) is 12.1 Å². The molecule has 0 bridgehead atoms. The van der Waals surface area contributed by atoms with Crippen LogP contribution < -0.4 is 4.74 Å². The largest absolute Gasteiger partial charge is 0.494 e. The van der Waals surface area contributed by atoms with E-state index in [0.29, 0.717) is 29.5 Å². The highest BCUT2D eigenvalue weighted by molar-refractivity contribution is 6.30. The molecule has 3 aromatic rings. The van der Waals surface area contributed by atoms with E-state index < -0.39 is 0 Å². The number of hydrogen-bond acceptors (Lipinski definition) is 4. The number of aromatic nitrogens is 1. The van der Waals surface area contributed by atoms with Gasteiger partial charge in [0.1, 0.15) is 16.7 Å². The van der Waals surface area contributed by atoms with Gasteiger partial charge in [0, 0.05) is 24.3 Å². The molecule has 0 unspecified atom stereocenters. The summed E-state index contributed by atoms with van der Waals surface area (Å²) in [7, 11) is 0. The standard InChI is InChI=1S/C22H19ClFN3O2/c1-3-29-17-8-9-19-15(10-17)11-18(22(23)25-19)21-12-20(26-27(21)13(2)28)14-4-6-16(24)7-5-14/h4-11,21H,3,12H2,1-2H3/t21-/m1/s1. The number of hydrazone groups is 1. The topological polar surface area (TPSA) is 54.8 Å². The summed E-state index contributed by atoms with van der Waals surface area (Å²) in [6.07, 6.45) is 0.462. The number of fused-ring (bicyclic) bond motifs is 1. The number of amides is 1. The molecule has 1 aromatic heterocycles. The molecule has 5 nitrogen and oxygen atoms in total. The number of carbonyl (C=O) groups is 1. The lowest BCUT2D eigenvalue weighted by Crippen LogP contribution is -2.24. The lowest BCUT2D eigenvalue weighted by Gasteiger charge is -2.21. The van der Waals surface area contributed by atoms with Crippen LogP contribution in [0.2, 0.25) is 5.15 Å². The molecule has 0 spiro atoms. The third-order valence-corrected chi connectivity index (χ3v) is 5.15. The third-order valence-electron chi connectivity index (χ3n) is 4.85. The van der Waals surface area contributed by atoms with Crippen molar-refractivity contribution >= 4 is 34.1 Å². The van der Waals surface area contributed by atoms with Gasteiger partial charge in [-0.25, -0.2) is 14.4 Å². The quantitative estimate of drug-likeness (QED) is 0.559. The van der Waals surface area contributed by atoms with Crippen LogP contribution in [0.3, 0.4) is 0 Å². The van der Waals surface area contributed by atoms with Crippen LogP contribution in [0.25, 0.3) is 10.9 Å². The Morgan fingerprint density at radius 3 is 2.69 bits per heavy atom. The van der Waals surface area contributed by atoms with Gasteiger partial charge in [-0.3, -0.25) is 4.79 Å². The van der Waals surface area contributed by atoms with Crippen LogP contribution in [0.5, 0.6) is 5.75 Å². The molecule has 0 N–H and O–H groups in total. The Kier molecular flexibility index (Phi) is 5.20. The van der Waals surface area contributed by atoms with E-state index in [0.717, 1.165) is 22.2 Å². The fourth-order valence-corrected chi connectivity index (χ4v) is 3.77. The fourth-order valence-electron chi connectivity index (χ4n) is 3.50. The molecule has 0 fully saturated rings. The third kappa shape index (κ3) is 3.80. The lowest BCUT2D eigenvalue weighted by molar-refractivity contribution is -0.130. The fraction of sp³-hybridized carbons (Fsp3) is 0.227. The van der Waals surface area contributed by atoms with Crippen molar-refractivity contribution in [3.05, 3.63) is 70.6 Å². The minimum absolute atomic E-state index is 0.202. The Balaban J connectivity index is 1.74. The van der Waals surface area contributed by atoms with Gasteiger partial charge < -0.3 is 4.74 Å². The van der Waals surface area contributed by atoms with E-state index in [2.05, 4.69) is 10.1 Å². The van der Waals surface area contributed by atoms with Crippen LogP contribution in [0.15, 0.2) is 53.6 Å². The van der Waals surface area contributed by atoms with Crippen molar-refractivity contribution in [1.82, 2.24) is 9.99 Å². The molecular formula is C22H19ClFN3O2. The Morgan fingerprint density at radius 2 is 2.00 bits per heavy atom. The zero-order valence-electron chi connectivity index (χ0n) is 16.0. The Morgan fingerprint density at radius 1 is 1.24 bits per heavy atom.